The van der Waals surface area contributed by atoms with Crippen LogP contribution in [0.15, 0.2) is 18.2 Å². The van der Waals surface area contributed by atoms with Crippen LogP contribution in [0.25, 0.3) is 0 Å². The quantitative estimate of drug-likeness (QED) is 0.852. The van der Waals surface area contributed by atoms with Gasteiger partial charge in [-0.2, -0.15) is 0 Å². The van der Waals surface area contributed by atoms with Crippen LogP contribution < -0.4 is 10.1 Å². The fourth-order valence-electron chi connectivity index (χ4n) is 2.71. The molecule has 0 atom stereocenters. The highest BCUT2D eigenvalue weighted by molar-refractivity contribution is 6.32. The van der Waals surface area contributed by atoms with Crippen molar-refractivity contribution in [3.63, 3.8) is 0 Å². The Kier molecular flexibility index (Phi) is 4.76. The van der Waals surface area contributed by atoms with Crippen molar-refractivity contribution in [2.45, 2.75) is 45.1 Å². The van der Waals surface area contributed by atoms with Gasteiger partial charge in [0.2, 0.25) is 0 Å². The molecule has 1 aromatic carbocycles. The molecule has 0 saturated heterocycles. The molecule has 0 radical (unpaired) electrons. The van der Waals surface area contributed by atoms with Gasteiger partial charge in [-0.3, -0.25) is 0 Å². The van der Waals surface area contributed by atoms with Crippen molar-refractivity contribution in [3.8, 4) is 5.75 Å². The Morgan fingerprint density at radius 1 is 1.28 bits per heavy atom. The van der Waals surface area contributed by atoms with Gasteiger partial charge < -0.3 is 10.1 Å². The third-order valence-electron chi connectivity index (χ3n) is 3.95. The summed E-state index contributed by atoms with van der Waals surface area (Å²) >= 11 is 6.13. The van der Waals surface area contributed by atoms with Crippen molar-refractivity contribution < 1.29 is 4.74 Å². The van der Waals surface area contributed by atoms with E-state index in [1.807, 2.05) is 18.2 Å². The number of halogens is 1. The fourth-order valence-corrected chi connectivity index (χ4v) is 2.96. The zero-order valence-electron chi connectivity index (χ0n) is 11.2. The van der Waals surface area contributed by atoms with Gasteiger partial charge in [-0.25, -0.2) is 0 Å². The normalized spacial score (nSPS) is 23.7. The highest BCUT2D eigenvalue weighted by Gasteiger charge is 2.19. The molecule has 3 heteroatoms. The van der Waals surface area contributed by atoms with Crippen LogP contribution in [-0.2, 0) is 0 Å². The number of benzene rings is 1. The standard InChI is InChI=1S/C15H22ClNO/c1-3-11-4-6-12(7-5-11)17-13-8-9-15(18-2)14(16)10-13/h8-12,17H,3-7H2,1-2H3. The van der Waals surface area contributed by atoms with Crippen molar-refractivity contribution in [2.24, 2.45) is 5.92 Å². The lowest BCUT2D eigenvalue weighted by Crippen LogP contribution is -2.25. The first-order chi connectivity index (χ1) is 8.72. The summed E-state index contributed by atoms with van der Waals surface area (Å²) in [6, 6.07) is 6.50. The highest BCUT2D eigenvalue weighted by Crippen LogP contribution is 2.31. The van der Waals surface area contributed by atoms with Crippen LogP contribution in [0, 0.1) is 5.92 Å². The second kappa shape index (κ2) is 6.33. The third kappa shape index (κ3) is 3.32. The first-order valence-corrected chi connectivity index (χ1v) is 7.20. The Bertz CT molecular complexity index is 386. The summed E-state index contributed by atoms with van der Waals surface area (Å²) in [5.41, 5.74) is 1.10. The van der Waals surface area contributed by atoms with E-state index in [-0.39, 0.29) is 0 Å². The maximum Gasteiger partial charge on any atom is 0.137 e. The second-order valence-electron chi connectivity index (χ2n) is 5.12. The van der Waals surface area contributed by atoms with Crippen molar-refractivity contribution in [2.75, 3.05) is 12.4 Å². The lowest BCUT2D eigenvalue weighted by molar-refractivity contribution is 0.330. The molecule has 0 spiro atoms. The van der Waals surface area contributed by atoms with Gasteiger partial charge in [-0.1, -0.05) is 24.9 Å². The van der Waals surface area contributed by atoms with Crippen molar-refractivity contribution >= 4 is 17.3 Å². The summed E-state index contributed by atoms with van der Waals surface area (Å²) in [4.78, 5) is 0. The molecule has 100 valence electrons. The lowest BCUT2D eigenvalue weighted by atomic mass is 9.84. The van der Waals surface area contributed by atoms with Gasteiger partial charge in [0.1, 0.15) is 5.75 Å². The summed E-state index contributed by atoms with van der Waals surface area (Å²) < 4.78 is 5.16. The van der Waals surface area contributed by atoms with Gasteiger partial charge in [-0.15, -0.1) is 0 Å². The van der Waals surface area contributed by atoms with Crippen molar-refractivity contribution in [1.29, 1.82) is 0 Å². The van der Waals surface area contributed by atoms with E-state index in [0.717, 1.165) is 17.4 Å². The molecular weight excluding hydrogens is 246 g/mol. The minimum Gasteiger partial charge on any atom is -0.495 e. The van der Waals surface area contributed by atoms with E-state index in [4.69, 9.17) is 16.3 Å². The average Bonchev–Trinajstić information content (AvgIpc) is 2.40. The number of rotatable bonds is 4. The van der Waals surface area contributed by atoms with E-state index in [9.17, 15) is 0 Å². The molecule has 18 heavy (non-hydrogen) atoms. The Morgan fingerprint density at radius 2 is 2.00 bits per heavy atom. The Labute approximate surface area is 115 Å². The van der Waals surface area contributed by atoms with Gasteiger partial charge in [-0.05, 0) is 49.8 Å². The summed E-state index contributed by atoms with van der Waals surface area (Å²) in [6.45, 7) is 2.29. The van der Waals surface area contributed by atoms with E-state index < -0.39 is 0 Å². The first kappa shape index (κ1) is 13.5. The molecule has 1 N–H and O–H groups in total. The molecule has 0 unspecified atom stereocenters. The highest BCUT2D eigenvalue weighted by atomic mass is 35.5. The van der Waals surface area contributed by atoms with Gasteiger partial charge in [0, 0.05) is 11.7 Å². The second-order valence-corrected chi connectivity index (χ2v) is 5.53. The lowest BCUT2D eigenvalue weighted by Gasteiger charge is -2.29. The van der Waals surface area contributed by atoms with Crippen LogP contribution >= 0.6 is 11.6 Å². The van der Waals surface area contributed by atoms with Gasteiger partial charge >= 0.3 is 0 Å². The molecule has 2 rings (SSSR count). The molecule has 0 heterocycles. The Morgan fingerprint density at radius 3 is 2.56 bits per heavy atom. The summed E-state index contributed by atoms with van der Waals surface area (Å²) in [7, 11) is 1.64. The number of ether oxygens (including phenoxy) is 1. The maximum atomic E-state index is 6.13. The molecule has 1 aliphatic carbocycles. The molecule has 1 saturated carbocycles. The van der Waals surface area contributed by atoms with E-state index in [2.05, 4.69) is 12.2 Å². The van der Waals surface area contributed by atoms with Gasteiger partial charge in [0.25, 0.3) is 0 Å². The molecule has 1 fully saturated rings. The summed E-state index contributed by atoms with van der Waals surface area (Å²) in [5.74, 6) is 1.67. The van der Waals surface area contributed by atoms with Crippen molar-refractivity contribution in [3.05, 3.63) is 23.2 Å². The van der Waals surface area contributed by atoms with Crippen LogP contribution in [0.4, 0.5) is 5.69 Å². The van der Waals surface area contributed by atoms with E-state index in [1.165, 1.54) is 32.1 Å². The molecular formula is C15H22ClNO. The van der Waals surface area contributed by atoms with E-state index >= 15 is 0 Å². The minimum absolute atomic E-state index is 0.595. The largest absolute Gasteiger partial charge is 0.495 e. The number of methoxy groups -OCH3 is 1. The number of nitrogens with one attached hydrogen (secondary N) is 1. The van der Waals surface area contributed by atoms with E-state index in [1.54, 1.807) is 7.11 Å². The molecule has 0 aliphatic heterocycles. The van der Waals surface area contributed by atoms with Crippen LogP contribution in [0.3, 0.4) is 0 Å². The Balaban J connectivity index is 1.92. The molecule has 0 amide bonds. The van der Waals surface area contributed by atoms with Crippen molar-refractivity contribution in [1.82, 2.24) is 0 Å². The van der Waals surface area contributed by atoms with Crippen LogP contribution in [-0.4, -0.2) is 13.2 Å². The number of anilines is 1. The topological polar surface area (TPSA) is 21.3 Å². The molecule has 2 nitrogen and oxygen atoms in total. The minimum atomic E-state index is 0.595. The SMILES string of the molecule is CCC1CCC(Nc2ccc(OC)c(Cl)c2)CC1. The first-order valence-electron chi connectivity index (χ1n) is 6.83. The van der Waals surface area contributed by atoms with Crippen LogP contribution in [0.1, 0.15) is 39.0 Å². The van der Waals surface area contributed by atoms with Crippen LogP contribution in [0.5, 0.6) is 5.75 Å². The average molecular weight is 268 g/mol. The summed E-state index contributed by atoms with van der Waals surface area (Å²) in [5, 5.41) is 4.25. The molecule has 0 bridgehead atoms. The maximum absolute atomic E-state index is 6.13. The van der Waals surface area contributed by atoms with Crippen LogP contribution in [0.2, 0.25) is 5.02 Å². The van der Waals surface area contributed by atoms with Gasteiger partial charge in [0.05, 0.1) is 12.1 Å². The summed E-state index contributed by atoms with van der Waals surface area (Å²) in [6.07, 6.45) is 6.54. The smallest absolute Gasteiger partial charge is 0.137 e. The predicted molar refractivity (Wildman–Crippen MR) is 77.7 cm³/mol. The Hall–Kier alpha value is -0.890. The number of hydrogen-bond acceptors (Lipinski definition) is 2. The molecule has 1 aromatic rings. The monoisotopic (exact) mass is 267 g/mol. The molecule has 1 aliphatic rings. The molecule has 0 aromatic heterocycles. The third-order valence-corrected chi connectivity index (χ3v) is 4.24. The number of hydrogen-bond donors (Lipinski definition) is 1. The predicted octanol–water partition coefficient (Wildman–Crippen LogP) is 4.73. The fraction of sp³-hybridized carbons (Fsp3) is 0.600. The van der Waals surface area contributed by atoms with E-state index in [0.29, 0.717) is 11.1 Å². The zero-order valence-corrected chi connectivity index (χ0v) is 12.0. The zero-order chi connectivity index (χ0) is 13.0. The van der Waals surface area contributed by atoms with Gasteiger partial charge in [0.15, 0.2) is 0 Å².